The van der Waals surface area contributed by atoms with Crippen LogP contribution in [-0.4, -0.2) is 51.7 Å². The number of rotatable bonds is 4. The van der Waals surface area contributed by atoms with E-state index >= 15 is 0 Å². The largest absolute Gasteiger partial charge is 0.480 e. The summed E-state index contributed by atoms with van der Waals surface area (Å²) in [5, 5.41) is 12.8. The van der Waals surface area contributed by atoms with E-state index < -0.39 is 12.0 Å². The number of carboxylic acid groups (broad SMARTS) is 1. The quantitative estimate of drug-likeness (QED) is 0.808. The van der Waals surface area contributed by atoms with Gasteiger partial charge in [-0.15, -0.1) is 0 Å². The molecule has 1 aliphatic heterocycles. The summed E-state index contributed by atoms with van der Waals surface area (Å²) in [5.74, 6) is -0.799. The van der Waals surface area contributed by atoms with Crippen LogP contribution in [0.15, 0.2) is 12.5 Å². The van der Waals surface area contributed by atoms with Crippen molar-refractivity contribution in [3.8, 4) is 0 Å². The number of hydrogen-bond acceptors (Lipinski definition) is 4. The van der Waals surface area contributed by atoms with E-state index in [1.54, 1.807) is 12.5 Å². The molecule has 2 rings (SSSR count). The first-order valence-corrected chi connectivity index (χ1v) is 6.41. The first-order chi connectivity index (χ1) is 8.74. The lowest BCUT2D eigenvalue weighted by Crippen LogP contribution is -2.37. The molecule has 2 N–H and O–H groups in total. The molecule has 0 saturated carbocycles. The van der Waals surface area contributed by atoms with Crippen molar-refractivity contribution >= 4 is 5.97 Å². The van der Waals surface area contributed by atoms with Crippen molar-refractivity contribution in [2.75, 3.05) is 26.2 Å². The fraction of sp³-hybridized carbons (Fsp3) is 0.667. The van der Waals surface area contributed by atoms with Crippen molar-refractivity contribution in [2.24, 2.45) is 0 Å². The first kappa shape index (κ1) is 13.0. The van der Waals surface area contributed by atoms with E-state index in [4.69, 9.17) is 0 Å². The Labute approximate surface area is 107 Å². The van der Waals surface area contributed by atoms with Crippen molar-refractivity contribution in [3.05, 3.63) is 18.2 Å². The fourth-order valence-electron chi connectivity index (χ4n) is 2.42. The maximum Gasteiger partial charge on any atom is 0.327 e. The van der Waals surface area contributed by atoms with Crippen molar-refractivity contribution in [1.82, 2.24) is 19.8 Å². The fourth-order valence-corrected chi connectivity index (χ4v) is 2.42. The molecule has 0 bridgehead atoms. The Hall–Kier alpha value is -1.40. The Kier molecular flexibility index (Phi) is 4.33. The summed E-state index contributed by atoms with van der Waals surface area (Å²) in [6, 6.07) is -0.590. The number of hydrogen-bond donors (Lipinski definition) is 2. The van der Waals surface area contributed by atoms with Gasteiger partial charge in [0, 0.05) is 26.2 Å². The van der Waals surface area contributed by atoms with Gasteiger partial charge in [0.1, 0.15) is 0 Å². The van der Waals surface area contributed by atoms with Gasteiger partial charge in [-0.05, 0) is 19.9 Å². The van der Waals surface area contributed by atoms with Crippen LogP contribution in [0.25, 0.3) is 0 Å². The smallest absolute Gasteiger partial charge is 0.327 e. The van der Waals surface area contributed by atoms with Gasteiger partial charge in [-0.3, -0.25) is 9.69 Å². The lowest BCUT2D eigenvalue weighted by molar-refractivity contribution is -0.143. The van der Waals surface area contributed by atoms with Gasteiger partial charge in [0.05, 0.1) is 18.2 Å². The molecule has 18 heavy (non-hydrogen) atoms. The number of aryl methyl sites for hydroxylation is 1. The van der Waals surface area contributed by atoms with Gasteiger partial charge >= 0.3 is 5.97 Å². The van der Waals surface area contributed by atoms with Gasteiger partial charge in [0.25, 0.3) is 0 Å². The third kappa shape index (κ3) is 2.70. The SMILES string of the molecule is CCn1cncc1C(C(=O)O)N1CCCNCC1. The van der Waals surface area contributed by atoms with E-state index in [1.165, 1.54) is 0 Å². The van der Waals surface area contributed by atoms with E-state index in [9.17, 15) is 9.90 Å². The van der Waals surface area contributed by atoms with Crippen LogP contribution in [0.3, 0.4) is 0 Å². The Morgan fingerprint density at radius 2 is 2.39 bits per heavy atom. The summed E-state index contributed by atoms with van der Waals surface area (Å²) in [6.07, 6.45) is 4.34. The molecule has 2 heterocycles. The molecule has 0 aliphatic carbocycles. The molecule has 1 aromatic rings. The minimum absolute atomic E-state index is 0.590. The summed E-state index contributed by atoms with van der Waals surface area (Å²) in [4.78, 5) is 17.7. The number of imidazole rings is 1. The van der Waals surface area contributed by atoms with Crippen LogP contribution in [-0.2, 0) is 11.3 Å². The second-order valence-corrected chi connectivity index (χ2v) is 4.48. The topological polar surface area (TPSA) is 70.4 Å². The van der Waals surface area contributed by atoms with Crippen LogP contribution in [0.2, 0.25) is 0 Å². The van der Waals surface area contributed by atoms with Crippen molar-refractivity contribution in [3.63, 3.8) is 0 Å². The van der Waals surface area contributed by atoms with Crippen LogP contribution >= 0.6 is 0 Å². The minimum atomic E-state index is -0.799. The molecule has 0 radical (unpaired) electrons. The summed E-state index contributed by atoms with van der Waals surface area (Å²) in [5.41, 5.74) is 0.770. The number of aliphatic carboxylic acids is 1. The van der Waals surface area contributed by atoms with Gasteiger partial charge in [-0.25, -0.2) is 4.98 Å². The van der Waals surface area contributed by atoms with Crippen LogP contribution in [0, 0.1) is 0 Å². The Balaban J connectivity index is 2.24. The van der Waals surface area contributed by atoms with Gasteiger partial charge in [0.15, 0.2) is 6.04 Å². The molecule has 0 aromatic carbocycles. The molecule has 6 heteroatoms. The van der Waals surface area contributed by atoms with Gasteiger partial charge < -0.3 is 15.0 Å². The highest BCUT2D eigenvalue weighted by molar-refractivity contribution is 5.74. The third-order valence-electron chi connectivity index (χ3n) is 3.34. The number of carboxylic acids is 1. The van der Waals surface area contributed by atoms with Crippen LogP contribution in [0.5, 0.6) is 0 Å². The maximum absolute atomic E-state index is 11.6. The maximum atomic E-state index is 11.6. The molecule has 100 valence electrons. The molecule has 1 saturated heterocycles. The summed E-state index contributed by atoms with van der Waals surface area (Å²) >= 11 is 0. The molecule has 1 unspecified atom stereocenters. The van der Waals surface area contributed by atoms with Crippen LogP contribution in [0.4, 0.5) is 0 Å². The second-order valence-electron chi connectivity index (χ2n) is 4.48. The molecular weight excluding hydrogens is 232 g/mol. The second kappa shape index (κ2) is 5.97. The Bertz CT molecular complexity index is 397. The monoisotopic (exact) mass is 252 g/mol. The summed E-state index contributed by atoms with van der Waals surface area (Å²) in [7, 11) is 0. The molecule has 0 amide bonds. The molecule has 1 aromatic heterocycles. The Morgan fingerprint density at radius 3 is 3.11 bits per heavy atom. The standard InChI is InChI=1S/C12H20N4O2/c1-2-15-9-14-8-10(15)11(12(17)18)16-6-3-4-13-5-7-16/h8-9,11,13H,2-7H2,1H3,(H,17,18). The first-order valence-electron chi connectivity index (χ1n) is 6.41. The predicted octanol–water partition coefficient (Wildman–Crippen LogP) is 0.324. The van der Waals surface area contributed by atoms with E-state index in [1.807, 2.05) is 16.4 Å². The summed E-state index contributed by atoms with van der Waals surface area (Å²) in [6.45, 7) is 6.09. The van der Waals surface area contributed by atoms with Gasteiger partial charge in [-0.1, -0.05) is 0 Å². The molecular formula is C12H20N4O2. The lowest BCUT2D eigenvalue weighted by Gasteiger charge is -2.27. The van der Waals surface area contributed by atoms with E-state index in [-0.39, 0.29) is 0 Å². The van der Waals surface area contributed by atoms with Crippen LogP contribution in [0.1, 0.15) is 25.1 Å². The normalized spacial score (nSPS) is 19.4. The number of nitrogens with one attached hydrogen (secondary N) is 1. The van der Waals surface area contributed by atoms with E-state index in [0.717, 1.165) is 44.8 Å². The van der Waals surface area contributed by atoms with Crippen molar-refractivity contribution in [1.29, 1.82) is 0 Å². The number of carbonyl (C=O) groups is 1. The molecule has 6 nitrogen and oxygen atoms in total. The van der Waals surface area contributed by atoms with E-state index in [0.29, 0.717) is 0 Å². The number of nitrogens with zero attached hydrogens (tertiary/aromatic N) is 3. The predicted molar refractivity (Wildman–Crippen MR) is 67.3 cm³/mol. The average Bonchev–Trinajstić information content (AvgIpc) is 2.64. The third-order valence-corrected chi connectivity index (χ3v) is 3.34. The summed E-state index contributed by atoms with van der Waals surface area (Å²) < 4.78 is 1.90. The van der Waals surface area contributed by atoms with Crippen LogP contribution < -0.4 is 5.32 Å². The highest BCUT2D eigenvalue weighted by Gasteiger charge is 2.30. The highest BCUT2D eigenvalue weighted by atomic mass is 16.4. The zero-order valence-electron chi connectivity index (χ0n) is 10.7. The molecule has 1 fully saturated rings. The average molecular weight is 252 g/mol. The lowest BCUT2D eigenvalue weighted by atomic mass is 10.1. The molecule has 0 spiro atoms. The van der Waals surface area contributed by atoms with Crippen molar-refractivity contribution in [2.45, 2.75) is 25.9 Å². The highest BCUT2D eigenvalue weighted by Crippen LogP contribution is 2.21. The van der Waals surface area contributed by atoms with E-state index in [2.05, 4.69) is 10.3 Å². The van der Waals surface area contributed by atoms with Crippen molar-refractivity contribution < 1.29 is 9.90 Å². The minimum Gasteiger partial charge on any atom is -0.480 e. The number of aromatic nitrogens is 2. The van der Waals surface area contributed by atoms with Gasteiger partial charge in [0.2, 0.25) is 0 Å². The zero-order chi connectivity index (χ0) is 13.0. The molecule has 1 atom stereocenters. The zero-order valence-corrected chi connectivity index (χ0v) is 10.7. The Morgan fingerprint density at radius 1 is 1.56 bits per heavy atom. The van der Waals surface area contributed by atoms with Gasteiger partial charge in [-0.2, -0.15) is 0 Å². The molecule has 1 aliphatic rings.